The standard InChI is InChI=1S/C12H22N2O5/c1-5-17-11(16)18-9-8-13-6-7-14(9)10(15)19-12(2,3)4/h9,13H,5-8H2,1-4H3. The van der Waals surface area contributed by atoms with E-state index in [9.17, 15) is 9.59 Å². The first-order valence-corrected chi connectivity index (χ1v) is 6.37. The quantitative estimate of drug-likeness (QED) is 0.765. The average Bonchev–Trinajstić information content (AvgIpc) is 2.27. The molecule has 1 saturated heterocycles. The smallest absolute Gasteiger partial charge is 0.444 e. The van der Waals surface area contributed by atoms with Crippen molar-refractivity contribution in [2.75, 3.05) is 26.2 Å². The Balaban J connectivity index is 2.61. The molecule has 0 aromatic carbocycles. The average molecular weight is 274 g/mol. The molecule has 1 heterocycles. The van der Waals surface area contributed by atoms with Gasteiger partial charge >= 0.3 is 12.2 Å². The molecule has 0 radical (unpaired) electrons. The molecule has 0 aliphatic carbocycles. The molecule has 0 aromatic heterocycles. The summed E-state index contributed by atoms with van der Waals surface area (Å²) in [7, 11) is 0. The van der Waals surface area contributed by atoms with Crippen LogP contribution in [0.1, 0.15) is 27.7 Å². The predicted molar refractivity (Wildman–Crippen MR) is 67.7 cm³/mol. The summed E-state index contributed by atoms with van der Waals surface area (Å²) in [5, 5.41) is 3.05. The number of rotatable bonds is 2. The Morgan fingerprint density at radius 3 is 2.63 bits per heavy atom. The van der Waals surface area contributed by atoms with Crippen molar-refractivity contribution in [3.05, 3.63) is 0 Å². The minimum Gasteiger partial charge on any atom is -0.444 e. The van der Waals surface area contributed by atoms with Gasteiger partial charge in [0.2, 0.25) is 0 Å². The molecule has 1 rings (SSSR count). The molecular formula is C12H22N2O5. The lowest BCUT2D eigenvalue weighted by Gasteiger charge is -2.35. The van der Waals surface area contributed by atoms with Gasteiger partial charge < -0.3 is 19.5 Å². The fourth-order valence-corrected chi connectivity index (χ4v) is 1.58. The first-order valence-electron chi connectivity index (χ1n) is 6.37. The second-order valence-electron chi connectivity index (χ2n) is 5.13. The zero-order valence-electron chi connectivity index (χ0n) is 11.9. The second-order valence-corrected chi connectivity index (χ2v) is 5.13. The van der Waals surface area contributed by atoms with E-state index in [0.29, 0.717) is 19.6 Å². The van der Waals surface area contributed by atoms with Gasteiger partial charge in [-0.1, -0.05) is 0 Å². The molecule has 1 unspecified atom stereocenters. The van der Waals surface area contributed by atoms with E-state index in [0.717, 1.165) is 0 Å². The van der Waals surface area contributed by atoms with Gasteiger partial charge in [-0.05, 0) is 27.7 Å². The minimum absolute atomic E-state index is 0.228. The molecule has 7 heteroatoms. The van der Waals surface area contributed by atoms with Gasteiger partial charge in [0.1, 0.15) is 5.60 Å². The number of nitrogens with one attached hydrogen (secondary N) is 1. The number of nitrogens with zero attached hydrogens (tertiary/aromatic N) is 1. The Labute approximate surface area is 113 Å². The molecule has 7 nitrogen and oxygen atoms in total. The molecular weight excluding hydrogens is 252 g/mol. The first kappa shape index (κ1) is 15.6. The van der Waals surface area contributed by atoms with E-state index in [1.165, 1.54) is 4.90 Å². The van der Waals surface area contributed by atoms with Gasteiger partial charge in [-0.25, -0.2) is 9.59 Å². The first-order chi connectivity index (χ1) is 8.83. The summed E-state index contributed by atoms with van der Waals surface area (Å²) in [6, 6.07) is 0. The molecule has 0 aromatic rings. The van der Waals surface area contributed by atoms with Crippen LogP contribution in [0, 0.1) is 0 Å². The van der Waals surface area contributed by atoms with E-state index >= 15 is 0 Å². The molecule has 1 aliphatic rings. The highest BCUT2D eigenvalue weighted by atomic mass is 16.7. The van der Waals surface area contributed by atoms with Gasteiger partial charge in [0.15, 0.2) is 6.23 Å². The van der Waals surface area contributed by atoms with Crippen LogP contribution in [-0.2, 0) is 14.2 Å². The summed E-state index contributed by atoms with van der Waals surface area (Å²) in [4.78, 5) is 24.7. The van der Waals surface area contributed by atoms with Crippen molar-refractivity contribution >= 4 is 12.2 Å². The number of hydrogen-bond donors (Lipinski definition) is 1. The van der Waals surface area contributed by atoms with E-state index in [1.54, 1.807) is 27.7 Å². The van der Waals surface area contributed by atoms with Crippen molar-refractivity contribution in [2.24, 2.45) is 0 Å². The highest BCUT2D eigenvalue weighted by Crippen LogP contribution is 2.14. The minimum atomic E-state index is -0.787. The zero-order valence-corrected chi connectivity index (χ0v) is 11.9. The Hall–Kier alpha value is -1.50. The van der Waals surface area contributed by atoms with Crippen LogP contribution >= 0.6 is 0 Å². The van der Waals surface area contributed by atoms with Crippen LogP contribution in [0.15, 0.2) is 0 Å². The number of ether oxygens (including phenoxy) is 3. The van der Waals surface area contributed by atoms with Gasteiger partial charge in [-0.15, -0.1) is 0 Å². The normalized spacial score (nSPS) is 19.8. The number of piperazine rings is 1. The fraction of sp³-hybridized carbons (Fsp3) is 0.833. The lowest BCUT2D eigenvalue weighted by Crippen LogP contribution is -2.56. The molecule has 0 bridgehead atoms. The SMILES string of the molecule is CCOC(=O)OC1CNCCN1C(=O)OC(C)(C)C. The molecule has 0 saturated carbocycles. The van der Waals surface area contributed by atoms with Crippen LogP contribution < -0.4 is 5.32 Å². The molecule has 1 fully saturated rings. The van der Waals surface area contributed by atoms with Crippen molar-refractivity contribution in [2.45, 2.75) is 39.5 Å². The van der Waals surface area contributed by atoms with Crippen LogP contribution in [0.3, 0.4) is 0 Å². The molecule has 1 atom stereocenters. The van der Waals surface area contributed by atoms with Crippen LogP contribution in [0.2, 0.25) is 0 Å². The van der Waals surface area contributed by atoms with Gasteiger partial charge in [-0.2, -0.15) is 0 Å². The molecule has 110 valence electrons. The third kappa shape index (κ3) is 5.34. The van der Waals surface area contributed by atoms with Gasteiger partial charge in [0.25, 0.3) is 0 Å². The van der Waals surface area contributed by atoms with Crippen LogP contribution in [0.4, 0.5) is 9.59 Å². The zero-order chi connectivity index (χ0) is 14.5. The van der Waals surface area contributed by atoms with Crippen molar-refractivity contribution in [1.29, 1.82) is 0 Å². The molecule has 0 spiro atoms. The number of amides is 1. The number of carbonyl (C=O) groups excluding carboxylic acids is 2. The Morgan fingerprint density at radius 1 is 1.37 bits per heavy atom. The van der Waals surface area contributed by atoms with E-state index in [1.807, 2.05) is 0 Å². The largest absolute Gasteiger partial charge is 0.510 e. The summed E-state index contributed by atoms with van der Waals surface area (Å²) in [6.45, 7) is 8.67. The Kier molecular flexibility index (Phi) is 5.41. The van der Waals surface area contributed by atoms with Gasteiger partial charge in [-0.3, -0.25) is 4.90 Å². The molecule has 1 amide bonds. The number of carbonyl (C=O) groups is 2. The summed E-state index contributed by atoms with van der Waals surface area (Å²) in [6.07, 6.45) is -1.99. The third-order valence-corrected chi connectivity index (χ3v) is 2.32. The second kappa shape index (κ2) is 6.60. The maximum absolute atomic E-state index is 12.0. The van der Waals surface area contributed by atoms with Crippen molar-refractivity contribution in [3.63, 3.8) is 0 Å². The predicted octanol–water partition coefficient (Wildman–Crippen LogP) is 1.33. The van der Waals surface area contributed by atoms with Crippen LogP contribution in [0.25, 0.3) is 0 Å². The molecule has 19 heavy (non-hydrogen) atoms. The van der Waals surface area contributed by atoms with Gasteiger partial charge in [0, 0.05) is 13.1 Å². The monoisotopic (exact) mass is 274 g/mol. The lowest BCUT2D eigenvalue weighted by molar-refractivity contribution is -0.0637. The maximum atomic E-state index is 12.0. The topological polar surface area (TPSA) is 77.1 Å². The fourth-order valence-electron chi connectivity index (χ4n) is 1.58. The van der Waals surface area contributed by atoms with Crippen molar-refractivity contribution in [1.82, 2.24) is 10.2 Å². The van der Waals surface area contributed by atoms with E-state index in [-0.39, 0.29) is 6.61 Å². The number of hydrogen-bond acceptors (Lipinski definition) is 6. The summed E-state index contributed by atoms with van der Waals surface area (Å²) in [5.74, 6) is 0. The summed E-state index contributed by atoms with van der Waals surface area (Å²) < 4.78 is 15.1. The van der Waals surface area contributed by atoms with E-state index < -0.39 is 24.1 Å². The van der Waals surface area contributed by atoms with Crippen LogP contribution in [0.5, 0.6) is 0 Å². The molecule has 1 aliphatic heterocycles. The van der Waals surface area contributed by atoms with Gasteiger partial charge in [0.05, 0.1) is 13.2 Å². The van der Waals surface area contributed by atoms with Crippen molar-refractivity contribution < 1.29 is 23.8 Å². The third-order valence-electron chi connectivity index (χ3n) is 2.32. The summed E-state index contributed by atoms with van der Waals surface area (Å²) in [5.41, 5.74) is -0.587. The molecule has 1 N–H and O–H groups in total. The highest BCUT2D eigenvalue weighted by Gasteiger charge is 2.33. The van der Waals surface area contributed by atoms with Crippen molar-refractivity contribution in [3.8, 4) is 0 Å². The van der Waals surface area contributed by atoms with E-state index in [2.05, 4.69) is 5.32 Å². The Bertz CT molecular complexity index is 327. The summed E-state index contributed by atoms with van der Waals surface area (Å²) >= 11 is 0. The lowest BCUT2D eigenvalue weighted by atomic mass is 10.2. The van der Waals surface area contributed by atoms with E-state index in [4.69, 9.17) is 14.2 Å². The highest BCUT2D eigenvalue weighted by molar-refractivity contribution is 5.69. The maximum Gasteiger partial charge on any atom is 0.510 e. The van der Waals surface area contributed by atoms with Crippen LogP contribution in [-0.4, -0.2) is 55.2 Å². The Morgan fingerprint density at radius 2 is 2.05 bits per heavy atom.